The Balaban J connectivity index is 1.89. The van der Waals surface area contributed by atoms with Crippen LogP contribution in [-0.2, 0) is 16.1 Å². The van der Waals surface area contributed by atoms with Crippen LogP contribution in [0.1, 0.15) is 30.6 Å². The number of methoxy groups -OCH3 is 1. The highest BCUT2D eigenvalue weighted by molar-refractivity contribution is 5.39. The Morgan fingerprint density at radius 3 is 2.69 bits per heavy atom. The first-order valence-corrected chi connectivity index (χ1v) is 8.92. The topological polar surface area (TPSA) is 162 Å². The molecule has 0 amide bonds. The molecule has 29 heavy (non-hydrogen) atoms. The molecule has 0 spiro atoms. The van der Waals surface area contributed by atoms with Crippen molar-refractivity contribution >= 4 is 5.82 Å². The minimum absolute atomic E-state index is 0.0507. The first-order valence-electron chi connectivity index (χ1n) is 8.92. The molecule has 0 aliphatic carbocycles. The van der Waals surface area contributed by atoms with Gasteiger partial charge >= 0.3 is 5.69 Å². The number of aromatic nitrogens is 2. The molecular weight excluding hydrogens is 382 g/mol. The number of rotatable bonds is 7. The summed E-state index contributed by atoms with van der Waals surface area (Å²) in [4.78, 5) is 31.0. The molecule has 3 rings (SSSR count). The van der Waals surface area contributed by atoms with Crippen LogP contribution in [0.5, 0.6) is 5.75 Å². The minimum atomic E-state index is -0.936. The maximum Gasteiger partial charge on any atom is 0.326 e. The van der Waals surface area contributed by atoms with E-state index in [2.05, 4.69) is 20.0 Å². The van der Waals surface area contributed by atoms with Gasteiger partial charge in [0.05, 0.1) is 37.6 Å². The van der Waals surface area contributed by atoms with E-state index in [1.807, 2.05) is 12.1 Å². The lowest BCUT2D eigenvalue weighted by Gasteiger charge is -2.20. The normalized spacial score (nSPS) is 22.1. The van der Waals surface area contributed by atoms with Crippen molar-refractivity contribution in [1.82, 2.24) is 9.97 Å². The third-order valence-electron chi connectivity index (χ3n) is 4.67. The molecule has 11 heteroatoms. The van der Waals surface area contributed by atoms with Crippen LogP contribution in [-0.4, -0.2) is 40.5 Å². The van der Waals surface area contributed by atoms with Gasteiger partial charge in [-0.2, -0.15) is 0 Å². The van der Waals surface area contributed by atoms with Gasteiger partial charge in [0.15, 0.2) is 0 Å². The molecular formula is C18H21N5O6. The van der Waals surface area contributed by atoms with E-state index in [1.54, 1.807) is 26.2 Å². The van der Waals surface area contributed by atoms with E-state index in [4.69, 9.17) is 19.7 Å². The lowest BCUT2D eigenvalue weighted by atomic mass is 10.0. The lowest BCUT2D eigenvalue weighted by molar-refractivity contribution is -0.0544. The summed E-state index contributed by atoms with van der Waals surface area (Å²) in [6.07, 6.45) is -2.64. The van der Waals surface area contributed by atoms with E-state index in [0.29, 0.717) is 12.2 Å². The predicted octanol–water partition coefficient (Wildman–Crippen LogP) is 1.81. The van der Waals surface area contributed by atoms with Gasteiger partial charge in [-0.05, 0) is 35.3 Å². The minimum Gasteiger partial charge on any atom is -0.497 e. The standard InChI is InChI=1S/C18H21N5O6/c1-9(24)12-7-13(28-8-10-3-5-11(27-2)6-4-10)15(29-12)14-16(22-23-19)20-18(26)21-17(14)25/h3-6,9,12-13,15,24H,7-8H2,1-2H3,(H2,20,21,25,26)/t9-,12-,13+,15-/m1/s1. The lowest BCUT2D eigenvalue weighted by Crippen LogP contribution is -2.30. The van der Waals surface area contributed by atoms with Crippen LogP contribution in [0.2, 0.25) is 0 Å². The number of aliphatic hydroxyl groups excluding tert-OH is 1. The number of nitrogens with one attached hydrogen (secondary N) is 2. The van der Waals surface area contributed by atoms with Crippen molar-refractivity contribution in [2.75, 3.05) is 7.11 Å². The predicted molar refractivity (Wildman–Crippen MR) is 102 cm³/mol. The Labute approximate surface area is 164 Å². The second-order valence-corrected chi connectivity index (χ2v) is 6.63. The Hall–Kier alpha value is -3.11. The Morgan fingerprint density at radius 1 is 1.34 bits per heavy atom. The third-order valence-corrected chi connectivity index (χ3v) is 4.67. The summed E-state index contributed by atoms with van der Waals surface area (Å²) in [5, 5.41) is 13.4. The quantitative estimate of drug-likeness (QED) is 0.363. The molecule has 1 aliphatic rings. The average Bonchev–Trinajstić information content (AvgIpc) is 3.10. The van der Waals surface area contributed by atoms with Crippen LogP contribution in [0.25, 0.3) is 10.4 Å². The molecule has 0 radical (unpaired) electrons. The van der Waals surface area contributed by atoms with Crippen molar-refractivity contribution in [1.29, 1.82) is 0 Å². The van der Waals surface area contributed by atoms with Crippen LogP contribution < -0.4 is 16.0 Å². The highest BCUT2D eigenvalue weighted by Gasteiger charge is 2.41. The SMILES string of the molecule is COc1ccc(CO[C@H]2C[C@H]([C@@H](C)O)O[C@H]2c2c(N=[N+]=[N-])[nH]c(=O)[nH]c2=O)cc1. The number of aromatic amines is 2. The van der Waals surface area contributed by atoms with Crippen molar-refractivity contribution in [2.45, 2.75) is 44.4 Å². The Kier molecular flexibility index (Phi) is 6.35. The fraction of sp³-hybridized carbons (Fsp3) is 0.444. The summed E-state index contributed by atoms with van der Waals surface area (Å²) in [5.41, 5.74) is 8.04. The molecule has 0 bridgehead atoms. The Bertz CT molecular complexity index is 1010. The number of nitrogens with zero attached hydrogens (tertiary/aromatic N) is 3. The van der Waals surface area contributed by atoms with Crippen LogP contribution in [0.3, 0.4) is 0 Å². The number of ether oxygens (including phenoxy) is 3. The fourth-order valence-electron chi connectivity index (χ4n) is 3.20. The summed E-state index contributed by atoms with van der Waals surface area (Å²) >= 11 is 0. The smallest absolute Gasteiger partial charge is 0.326 e. The molecule has 1 aromatic carbocycles. The summed E-state index contributed by atoms with van der Waals surface area (Å²) < 4.78 is 16.9. The molecule has 0 unspecified atom stereocenters. The van der Waals surface area contributed by atoms with Gasteiger partial charge in [0, 0.05) is 11.3 Å². The van der Waals surface area contributed by atoms with Crippen LogP contribution in [0, 0.1) is 0 Å². The zero-order valence-corrected chi connectivity index (χ0v) is 15.9. The molecule has 1 saturated heterocycles. The fourth-order valence-corrected chi connectivity index (χ4v) is 3.20. The van der Waals surface area contributed by atoms with Crippen molar-refractivity contribution < 1.29 is 19.3 Å². The van der Waals surface area contributed by atoms with Crippen LogP contribution in [0.15, 0.2) is 39.0 Å². The average molecular weight is 403 g/mol. The summed E-state index contributed by atoms with van der Waals surface area (Å²) in [7, 11) is 1.57. The number of benzene rings is 1. The van der Waals surface area contributed by atoms with E-state index in [9.17, 15) is 14.7 Å². The number of aliphatic hydroxyl groups is 1. The van der Waals surface area contributed by atoms with Gasteiger partial charge < -0.3 is 24.3 Å². The summed E-state index contributed by atoms with van der Waals surface area (Å²) in [6, 6.07) is 7.28. The molecule has 2 heterocycles. The van der Waals surface area contributed by atoms with Crippen LogP contribution >= 0.6 is 0 Å². The highest BCUT2D eigenvalue weighted by atomic mass is 16.6. The van der Waals surface area contributed by atoms with Crippen molar-refractivity contribution in [3.63, 3.8) is 0 Å². The van der Waals surface area contributed by atoms with E-state index in [1.165, 1.54) is 0 Å². The van der Waals surface area contributed by atoms with Gasteiger partial charge in [0.25, 0.3) is 5.56 Å². The monoisotopic (exact) mass is 403 g/mol. The first kappa shape index (κ1) is 20.6. The second-order valence-electron chi connectivity index (χ2n) is 6.63. The number of hydrogen-bond donors (Lipinski definition) is 3. The van der Waals surface area contributed by atoms with Gasteiger partial charge in [-0.25, -0.2) is 4.79 Å². The largest absolute Gasteiger partial charge is 0.497 e. The van der Waals surface area contributed by atoms with E-state index in [0.717, 1.165) is 5.56 Å². The van der Waals surface area contributed by atoms with Gasteiger partial charge in [0.2, 0.25) is 0 Å². The molecule has 1 fully saturated rings. The van der Waals surface area contributed by atoms with Crippen molar-refractivity contribution in [3.8, 4) is 5.75 Å². The molecule has 2 aromatic rings. The van der Waals surface area contributed by atoms with Crippen molar-refractivity contribution in [2.24, 2.45) is 5.11 Å². The van der Waals surface area contributed by atoms with E-state index < -0.39 is 35.7 Å². The summed E-state index contributed by atoms with van der Waals surface area (Å²) in [6.45, 7) is 1.79. The Morgan fingerprint density at radius 2 is 2.07 bits per heavy atom. The molecule has 11 nitrogen and oxygen atoms in total. The number of hydrogen-bond acceptors (Lipinski definition) is 7. The highest BCUT2D eigenvalue weighted by Crippen LogP contribution is 2.38. The molecule has 3 N–H and O–H groups in total. The first-order chi connectivity index (χ1) is 13.9. The van der Waals surface area contributed by atoms with E-state index >= 15 is 0 Å². The number of H-pyrrole nitrogens is 2. The maximum absolute atomic E-state index is 12.4. The van der Waals surface area contributed by atoms with E-state index in [-0.39, 0.29) is 18.0 Å². The van der Waals surface area contributed by atoms with Gasteiger partial charge in [-0.15, -0.1) is 0 Å². The number of azide groups is 1. The van der Waals surface area contributed by atoms with Crippen LogP contribution in [0.4, 0.5) is 5.82 Å². The molecule has 154 valence electrons. The van der Waals surface area contributed by atoms with Gasteiger partial charge in [-0.3, -0.25) is 9.78 Å². The van der Waals surface area contributed by atoms with Crippen molar-refractivity contribution in [3.05, 3.63) is 66.7 Å². The van der Waals surface area contributed by atoms with Gasteiger partial charge in [-0.1, -0.05) is 12.1 Å². The zero-order chi connectivity index (χ0) is 21.0. The zero-order valence-electron chi connectivity index (χ0n) is 15.9. The molecule has 4 atom stereocenters. The molecule has 0 saturated carbocycles. The maximum atomic E-state index is 12.4. The second kappa shape index (κ2) is 8.93. The molecule has 1 aliphatic heterocycles. The van der Waals surface area contributed by atoms with Gasteiger partial charge in [0.1, 0.15) is 17.7 Å². The third kappa shape index (κ3) is 4.66. The molecule has 1 aromatic heterocycles. The summed E-state index contributed by atoms with van der Waals surface area (Å²) in [5.74, 6) is 0.472.